The zero-order valence-electron chi connectivity index (χ0n) is 16.3. The summed E-state index contributed by atoms with van der Waals surface area (Å²) in [5, 5.41) is 0.521. The molecule has 3 aromatic rings. The van der Waals surface area contributed by atoms with Crippen molar-refractivity contribution in [2.24, 2.45) is 0 Å². The van der Waals surface area contributed by atoms with Crippen LogP contribution in [-0.4, -0.2) is 46.8 Å². The Morgan fingerprint density at radius 2 is 1.90 bits per heavy atom. The van der Waals surface area contributed by atoms with Crippen molar-refractivity contribution in [3.8, 4) is 5.75 Å². The van der Waals surface area contributed by atoms with Crippen molar-refractivity contribution < 1.29 is 14.3 Å². The van der Waals surface area contributed by atoms with E-state index in [1.165, 1.54) is 4.90 Å². The van der Waals surface area contributed by atoms with Gasteiger partial charge in [0.15, 0.2) is 5.43 Å². The molecule has 7 heteroatoms. The summed E-state index contributed by atoms with van der Waals surface area (Å²) in [4.78, 5) is 46.1. The molecule has 0 aliphatic carbocycles. The maximum Gasteiger partial charge on any atom is 0.250 e. The van der Waals surface area contributed by atoms with E-state index in [1.54, 1.807) is 24.1 Å². The van der Waals surface area contributed by atoms with E-state index in [9.17, 15) is 14.4 Å². The van der Waals surface area contributed by atoms with Gasteiger partial charge in [0.2, 0.25) is 11.8 Å². The van der Waals surface area contributed by atoms with Gasteiger partial charge in [0.05, 0.1) is 30.5 Å². The number of para-hydroxylation sites is 1. The molecule has 0 spiro atoms. The van der Waals surface area contributed by atoms with Gasteiger partial charge in [0.1, 0.15) is 11.8 Å². The number of amides is 2. The van der Waals surface area contributed by atoms with E-state index in [4.69, 9.17) is 4.74 Å². The maximum absolute atomic E-state index is 13.4. The van der Waals surface area contributed by atoms with Crippen LogP contribution in [0.5, 0.6) is 5.75 Å². The molecular weight excluding hydrogens is 382 g/mol. The van der Waals surface area contributed by atoms with Crippen LogP contribution < -0.4 is 10.2 Å². The Bertz CT molecular complexity index is 1310. The SMILES string of the molecule is CN1CC(=O)N2[C@H](c3ccc4c(c3)CCO4)c3[nH]c4ccccc4c(=O)c3[C@H]2C1=O. The molecule has 7 nitrogen and oxygen atoms in total. The minimum absolute atomic E-state index is 0.00157. The van der Waals surface area contributed by atoms with Crippen molar-refractivity contribution in [2.45, 2.75) is 18.5 Å². The van der Waals surface area contributed by atoms with Crippen LogP contribution in [0.15, 0.2) is 47.3 Å². The normalized spacial score (nSPS) is 22.2. The van der Waals surface area contributed by atoms with Gasteiger partial charge in [-0.2, -0.15) is 0 Å². The molecule has 0 unspecified atom stereocenters. The first-order chi connectivity index (χ1) is 14.5. The number of carbonyl (C=O) groups excluding carboxylic acids is 2. The summed E-state index contributed by atoms with van der Waals surface area (Å²) in [5.74, 6) is 0.446. The third kappa shape index (κ3) is 2.17. The molecule has 1 fully saturated rings. The van der Waals surface area contributed by atoms with Crippen LogP contribution in [0.1, 0.15) is 34.5 Å². The predicted molar refractivity (Wildman–Crippen MR) is 109 cm³/mol. The Morgan fingerprint density at radius 3 is 2.77 bits per heavy atom. The summed E-state index contributed by atoms with van der Waals surface area (Å²) in [7, 11) is 1.60. The summed E-state index contributed by atoms with van der Waals surface area (Å²) >= 11 is 0. The molecule has 2 amide bonds. The van der Waals surface area contributed by atoms with Gasteiger partial charge in [0.25, 0.3) is 0 Å². The number of aromatic amines is 1. The zero-order chi connectivity index (χ0) is 20.6. The van der Waals surface area contributed by atoms with Gasteiger partial charge in [-0.15, -0.1) is 0 Å². The Labute approximate surface area is 171 Å². The highest BCUT2D eigenvalue weighted by Crippen LogP contribution is 2.47. The van der Waals surface area contributed by atoms with Gasteiger partial charge in [-0.25, -0.2) is 0 Å². The van der Waals surface area contributed by atoms with E-state index in [1.807, 2.05) is 30.3 Å². The fourth-order valence-electron chi connectivity index (χ4n) is 4.99. The first-order valence-electron chi connectivity index (χ1n) is 10.0. The highest BCUT2D eigenvalue weighted by Gasteiger charge is 2.51. The monoisotopic (exact) mass is 401 g/mol. The van der Waals surface area contributed by atoms with E-state index < -0.39 is 12.1 Å². The van der Waals surface area contributed by atoms with Crippen molar-refractivity contribution in [3.05, 3.63) is 75.1 Å². The molecule has 0 bridgehead atoms. The fraction of sp³-hybridized carbons (Fsp3) is 0.261. The van der Waals surface area contributed by atoms with Crippen LogP contribution >= 0.6 is 0 Å². The lowest BCUT2D eigenvalue weighted by Gasteiger charge is -2.37. The third-order valence-corrected chi connectivity index (χ3v) is 6.38. The third-order valence-electron chi connectivity index (χ3n) is 6.38. The second-order valence-corrected chi connectivity index (χ2v) is 8.09. The number of rotatable bonds is 1. The lowest BCUT2D eigenvalue weighted by Crippen LogP contribution is -2.53. The second kappa shape index (κ2) is 5.95. The van der Waals surface area contributed by atoms with E-state index in [0.29, 0.717) is 28.8 Å². The van der Waals surface area contributed by atoms with Crippen LogP contribution in [-0.2, 0) is 16.0 Å². The van der Waals surface area contributed by atoms with Gasteiger partial charge < -0.3 is 19.5 Å². The van der Waals surface area contributed by atoms with Crippen LogP contribution in [0, 0.1) is 0 Å². The smallest absolute Gasteiger partial charge is 0.250 e. The van der Waals surface area contributed by atoms with Crippen LogP contribution in [0.25, 0.3) is 10.9 Å². The number of nitrogens with one attached hydrogen (secondary N) is 1. The average molecular weight is 401 g/mol. The van der Waals surface area contributed by atoms with E-state index in [2.05, 4.69) is 4.98 Å². The molecule has 2 aromatic carbocycles. The fourth-order valence-corrected chi connectivity index (χ4v) is 4.99. The predicted octanol–water partition coefficient (Wildman–Crippen LogP) is 1.91. The molecule has 0 saturated carbocycles. The summed E-state index contributed by atoms with van der Waals surface area (Å²) in [5.41, 5.74) is 3.45. The Hall–Kier alpha value is -3.61. The molecule has 4 heterocycles. The van der Waals surface area contributed by atoms with Gasteiger partial charge >= 0.3 is 0 Å². The number of H-pyrrole nitrogens is 1. The molecule has 1 N–H and O–H groups in total. The number of likely N-dealkylation sites (N-methyl/N-ethyl adjacent to an activating group) is 1. The standard InChI is InChI=1S/C23H19N3O4/c1-25-11-17(27)26-20(13-6-7-16-12(10-13)8-9-30-16)19-18(21(26)23(25)29)22(28)14-4-2-3-5-15(14)24-19/h2-7,10,20-21H,8-9,11H2,1H3,(H,24,28)/t20-,21+/m1/s1. The average Bonchev–Trinajstić information content (AvgIpc) is 3.34. The molecule has 6 rings (SSSR count). The van der Waals surface area contributed by atoms with E-state index in [-0.39, 0.29) is 23.8 Å². The largest absolute Gasteiger partial charge is 0.493 e. The maximum atomic E-state index is 13.4. The van der Waals surface area contributed by atoms with Crippen molar-refractivity contribution in [1.82, 2.24) is 14.8 Å². The van der Waals surface area contributed by atoms with Crippen molar-refractivity contribution >= 4 is 22.7 Å². The summed E-state index contributed by atoms with van der Waals surface area (Å²) in [6.07, 6.45) is 0.802. The van der Waals surface area contributed by atoms with Crippen molar-refractivity contribution in [1.29, 1.82) is 0 Å². The molecule has 1 aromatic heterocycles. The number of piperazine rings is 1. The first-order valence-corrected chi connectivity index (χ1v) is 10.0. The number of pyridine rings is 1. The molecule has 2 atom stereocenters. The molecule has 3 aliphatic rings. The van der Waals surface area contributed by atoms with Crippen molar-refractivity contribution in [3.63, 3.8) is 0 Å². The number of carbonyl (C=O) groups is 2. The highest BCUT2D eigenvalue weighted by molar-refractivity contribution is 5.98. The second-order valence-electron chi connectivity index (χ2n) is 8.09. The Morgan fingerprint density at radius 1 is 1.07 bits per heavy atom. The quantitative estimate of drug-likeness (QED) is 0.675. The van der Waals surface area contributed by atoms with Crippen LogP contribution in [0.3, 0.4) is 0 Å². The zero-order valence-corrected chi connectivity index (χ0v) is 16.3. The number of ether oxygens (including phenoxy) is 1. The van der Waals surface area contributed by atoms with Crippen LogP contribution in [0.2, 0.25) is 0 Å². The Kier molecular flexibility index (Phi) is 3.42. The number of benzene rings is 2. The number of aromatic nitrogens is 1. The van der Waals surface area contributed by atoms with Crippen molar-refractivity contribution in [2.75, 3.05) is 20.2 Å². The number of hydrogen-bond acceptors (Lipinski definition) is 4. The van der Waals surface area contributed by atoms with Gasteiger partial charge in [0, 0.05) is 24.4 Å². The first kappa shape index (κ1) is 17.3. The lowest BCUT2D eigenvalue weighted by molar-refractivity contribution is -0.155. The van der Waals surface area contributed by atoms with Gasteiger partial charge in [-0.3, -0.25) is 14.4 Å². The highest BCUT2D eigenvalue weighted by atomic mass is 16.5. The van der Waals surface area contributed by atoms with Gasteiger partial charge in [-0.1, -0.05) is 18.2 Å². The lowest BCUT2D eigenvalue weighted by atomic mass is 9.98. The summed E-state index contributed by atoms with van der Waals surface area (Å²) < 4.78 is 5.62. The molecule has 1 saturated heterocycles. The minimum atomic E-state index is -0.908. The minimum Gasteiger partial charge on any atom is -0.493 e. The van der Waals surface area contributed by atoms with Crippen LogP contribution in [0.4, 0.5) is 0 Å². The number of fused-ring (bicyclic) bond motifs is 5. The Balaban J connectivity index is 1.65. The van der Waals surface area contributed by atoms with E-state index >= 15 is 0 Å². The molecule has 0 radical (unpaired) electrons. The summed E-state index contributed by atoms with van der Waals surface area (Å²) in [6, 6.07) is 11.7. The molecular formula is C23H19N3O4. The number of hydrogen-bond donors (Lipinski definition) is 1. The topological polar surface area (TPSA) is 82.7 Å². The molecule has 3 aliphatic heterocycles. The molecule has 150 valence electrons. The summed E-state index contributed by atoms with van der Waals surface area (Å²) in [6.45, 7) is 0.637. The molecule has 30 heavy (non-hydrogen) atoms. The van der Waals surface area contributed by atoms with Gasteiger partial charge in [-0.05, 0) is 35.4 Å². The number of nitrogens with zero attached hydrogens (tertiary/aromatic N) is 2. The van der Waals surface area contributed by atoms with E-state index in [0.717, 1.165) is 23.3 Å².